The largest absolute Gasteiger partial charge is 0.298 e. The molecule has 1 rings (SSSR count). The van der Waals surface area contributed by atoms with Gasteiger partial charge in [0.25, 0.3) is 0 Å². The first-order valence-corrected chi connectivity index (χ1v) is 5.34. The van der Waals surface area contributed by atoms with Gasteiger partial charge in [0.05, 0.1) is 0 Å². The zero-order chi connectivity index (χ0) is 9.90. The minimum absolute atomic E-state index is 0.0114. The molecule has 1 nitrogen and oxygen atoms in total. The summed E-state index contributed by atoms with van der Waals surface area (Å²) in [5.41, 5.74) is 1.89. The second-order valence-corrected chi connectivity index (χ2v) is 4.28. The van der Waals surface area contributed by atoms with Crippen molar-refractivity contribution in [2.24, 2.45) is 0 Å². The van der Waals surface area contributed by atoms with Gasteiger partial charge in [0, 0.05) is 16.3 Å². The predicted octanol–water partition coefficient (Wildman–Crippen LogP) is 3.17. The number of benzene rings is 1. The lowest BCUT2D eigenvalue weighted by molar-refractivity contribution is 0.112. The molecule has 13 heavy (non-hydrogen) atoms. The molecule has 0 saturated heterocycles. The molecule has 0 atom stereocenters. The molecule has 70 valence electrons. The number of carbonyl (C=O) groups is 1. The first-order valence-electron chi connectivity index (χ1n) is 4.22. The number of hydrogen-bond acceptors (Lipinski definition) is 1. The van der Waals surface area contributed by atoms with Crippen molar-refractivity contribution in [1.82, 2.24) is 0 Å². The number of hydrogen-bond donors (Lipinski definition) is 0. The molecule has 0 unspecified atom stereocenters. The van der Waals surface area contributed by atoms with E-state index in [9.17, 15) is 4.79 Å². The molecule has 0 fully saturated rings. The number of halogens is 1. The highest BCUT2D eigenvalue weighted by Crippen LogP contribution is 2.27. The highest BCUT2D eigenvalue weighted by molar-refractivity contribution is 9.09. The van der Waals surface area contributed by atoms with Crippen molar-refractivity contribution in [3.8, 4) is 0 Å². The molecule has 0 aromatic heterocycles. The third-order valence-electron chi connectivity index (χ3n) is 2.15. The fourth-order valence-corrected chi connectivity index (χ4v) is 1.59. The van der Waals surface area contributed by atoms with Crippen LogP contribution in [0.1, 0.15) is 29.8 Å². The second-order valence-electron chi connectivity index (χ2n) is 3.72. The Morgan fingerprint density at radius 2 is 2.00 bits per heavy atom. The van der Waals surface area contributed by atoms with Crippen molar-refractivity contribution < 1.29 is 4.79 Å². The lowest BCUT2D eigenvalue weighted by Gasteiger charge is -2.23. The Kier molecular flexibility index (Phi) is 3.26. The van der Waals surface area contributed by atoms with E-state index in [0.29, 0.717) is 0 Å². The first-order chi connectivity index (χ1) is 6.11. The van der Waals surface area contributed by atoms with E-state index in [1.54, 1.807) is 0 Å². The van der Waals surface area contributed by atoms with Crippen molar-refractivity contribution in [1.29, 1.82) is 0 Å². The molecule has 0 spiro atoms. The maximum atomic E-state index is 10.8. The molecule has 2 heteroatoms. The summed E-state index contributed by atoms with van der Waals surface area (Å²) in [7, 11) is 0. The summed E-state index contributed by atoms with van der Waals surface area (Å²) in [5, 5.41) is 0.852. The smallest absolute Gasteiger partial charge is 0.150 e. The Hall–Kier alpha value is -0.630. The van der Waals surface area contributed by atoms with E-state index in [1.807, 2.05) is 24.3 Å². The molecule has 1 aromatic rings. The van der Waals surface area contributed by atoms with E-state index in [-0.39, 0.29) is 5.41 Å². The van der Waals surface area contributed by atoms with Crippen LogP contribution in [0.5, 0.6) is 0 Å². The van der Waals surface area contributed by atoms with Gasteiger partial charge in [-0.3, -0.25) is 4.79 Å². The lowest BCUT2D eigenvalue weighted by Crippen LogP contribution is -2.20. The third kappa shape index (κ3) is 2.19. The molecule has 0 amide bonds. The van der Waals surface area contributed by atoms with Gasteiger partial charge in [-0.25, -0.2) is 0 Å². The highest BCUT2D eigenvalue weighted by Gasteiger charge is 2.21. The zero-order valence-electron chi connectivity index (χ0n) is 7.88. The average molecular weight is 241 g/mol. The van der Waals surface area contributed by atoms with Crippen molar-refractivity contribution >= 4 is 22.2 Å². The molecule has 0 aliphatic carbocycles. The lowest BCUT2D eigenvalue weighted by atomic mass is 9.84. The van der Waals surface area contributed by atoms with E-state index >= 15 is 0 Å². The molecule has 0 aliphatic heterocycles. The van der Waals surface area contributed by atoms with Gasteiger partial charge in [-0.05, 0) is 5.56 Å². The van der Waals surface area contributed by atoms with Crippen LogP contribution in [0, 0.1) is 0 Å². The Labute approximate surface area is 87.3 Å². The number of carbonyl (C=O) groups excluding carboxylic acids is 1. The fraction of sp³-hybridized carbons (Fsp3) is 0.364. The molecule has 0 radical (unpaired) electrons. The average Bonchev–Trinajstić information content (AvgIpc) is 2.18. The molecule has 0 aliphatic rings. The standard InChI is InChI=1S/C11H13BrO/c1-11(2,8-12)10-6-4-3-5-9(10)7-13/h3-7H,8H2,1-2H3. The molecule has 0 bridgehead atoms. The third-order valence-corrected chi connectivity index (χ3v) is 3.55. The van der Waals surface area contributed by atoms with Crippen molar-refractivity contribution in [2.75, 3.05) is 5.33 Å². The van der Waals surface area contributed by atoms with E-state index in [1.165, 1.54) is 0 Å². The van der Waals surface area contributed by atoms with Gasteiger partial charge in [-0.1, -0.05) is 54.0 Å². The molecule has 1 aromatic carbocycles. The van der Waals surface area contributed by atoms with E-state index in [2.05, 4.69) is 29.8 Å². The van der Waals surface area contributed by atoms with E-state index < -0.39 is 0 Å². The van der Waals surface area contributed by atoms with Gasteiger partial charge in [0.15, 0.2) is 0 Å². The number of rotatable bonds is 3. The van der Waals surface area contributed by atoms with Gasteiger partial charge < -0.3 is 0 Å². The minimum atomic E-state index is 0.0114. The molecule has 0 heterocycles. The van der Waals surface area contributed by atoms with Gasteiger partial charge in [-0.2, -0.15) is 0 Å². The molecular formula is C11H13BrO. The minimum Gasteiger partial charge on any atom is -0.298 e. The summed E-state index contributed by atoms with van der Waals surface area (Å²) in [5.74, 6) is 0. The van der Waals surface area contributed by atoms with Crippen LogP contribution in [0.3, 0.4) is 0 Å². The van der Waals surface area contributed by atoms with Crippen LogP contribution in [0.2, 0.25) is 0 Å². The summed E-state index contributed by atoms with van der Waals surface area (Å²) in [4.78, 5) is 10.8. The second kappa shape index (κ2) is 4.05. The van der Waals surface area contributed by atoms with Gasteiger partial charge in [-0.15, -0.1) is 0 Å². The van der Waals surface area contributed by atoms with Crippen LogP contribution in [-0.2, 0) is 5.41 Å². The number of aldehydes is 1. The first kappa shape index (κ1) is 10.5. The topological polar surface area (TPSA) is 17.1 Å². The fourth-order valence-electron chi connectivity index (χ4n) is 1.29. The van der Waals surface area contributed by atoms with Crippen LogP contribution in [-0.4, -0.2) is 11.6 Å². The maximum Gasteiger partial charge on any atom is 0.150 e. The normalized spacial score (nSPS) is 11.3. The van der Waals surface area contributed by atoms with Crippen molar-refractivity contribution in [2.45, 2.75) is 19.3 Å². The van der Waals surface area contributed by atoms with Crippen LogP contribution in [0.15, 0.2) is 24.3 Å². The Bertz CT molecular complexity index is 305. The van der Waals surface area contributed by atoms with Crippen LogP contribution >= 0.6 is 15.9 Å². The number of alkyl halides is 1. The predicted molar refractivity (Wildman–Crippen MR) is 58.6 cm³/mol. The summed E-state index contributed by atoms with van der Waals surface area (Å²) in [6.45, 7) is 4.23. The van der Waals surface area contributed by atoms with Crippen LogP contribution in [0.25, 0.3) is 0 Å². The van der Waals surface area contributed by atoms with Crippen molar-refractivity contribution in [3.63, 3.8) is 0 Å². The van der Waals surface area contributed by atoms with Gasteiger partial charge >= 0.3 is 0 Å². The summed E-state index contributed by atoms with van der Waals surface area (Å²) in [6.07, 6.45) is 0.916. The summed E-state index contributed by atoms with van der Waals surface area (Å²) >= 11 is 3.46. The maximum absolute atomic E-state index is 10.8. The highest BCUT2D eigenvalue weighted by atomic mass is 79.9. The summed E-state index contributed by atoms with van der Waals surface area (Å²) < 4.78 is 0. The molecule has 0 N–H and O–H groups in total. The van der Waals surface area contributed by atoms with E-state index in [4.69, 9.17) is 0 Å². The van der Waals surface area contributed by atoms with Crippen molar-refractivity contribution in [3.05, 3.63) is 35.4 Å². The molecule has 0 saturated carbocycles. The summed E-state index contributed by atoms with van der Waals surface area (Å²) in [6, 6.07) is 7.71. The SMILES string of the molecule is CC(C)(CBr)c1ccccc1C=O. The van der Waals surface area contributed by atoms with Crippen LogP contribution < -0.4 is 0 Å². The van der Waals surface area contributed by atoms with E-state index in [0.717, 1.165) is 22.7 Å². The molecular weight excluding hydrogens is 228 g/mol. The Morgan fingerprint density at radius 1 is 1.38 bits per heavy atom. The monoisotopic (exact) mass is 240 g/mol. The quantitative estimate of drug-likeness (QED) is 0.586. The van der Waals surface area contributed by atoms with Gasteiger partial charge in [0.2, 0.25) is 0 Å². The van der Waals surface area contributed by atoms with Gasteiger partial charge in [0.1, 0.15) is 6.29 Å². The zero-order valence-corrected chi connectivity index (χ0v) is 9.47. The van der Waals surface area contributed by atoms with Crippen LogP contribution in [0.4, 0.5) is 0 Å². The Balaban J connectivity index is 3.20. The Morgan fingerprint density at radius 3 is 2.54 bits per heavy atom.